The van der Waals surface area contributed by atoms with E-state index in [0.717, 1.165) is 5.56 Å². The van der Waals surface area contributed by atoms with Crippen LogP contribution < -0.4 is 0 Å². The zero-order valence-electron chi connectivity index (χ0n) is 10.8. The maximum atomic E-state index is 13.4. The molecule has 0 unspecified atom stereocenters. The largest absolute Gasteiger partial charge is 0.419 e. The van der Waals surface area contributed by atoms with Crippen molar-refractivity contribution in [3.05, 3.63) is 59.7 Å². The first-order valence-electron chi connectivity index (χ1n) is 6.22. The van der Waals surface area contributed by atoms with Gasteiger partial charge in [-0.15, -0.1) is 0 Å². The topological polar surface area (TPSA) is 15.8 Å². The van der Waals surface area contributed by atoms with Crippen LogP contribution in [0.3, 0.4) is 0 Å². The van der Waals surface area contributed by atoms with Gasteiger partial charge >= 0.3 is 6.18 Å². The van der Waals surface area contributed by atoms with Crippen LogP contribution in [-0.4, -0.2) is 4.98 Å². The van der Waals surface area contributed by atoms with Gasteiger partial charge in [-0.1, -0.05) is 48.5 Å². The summed E-state index contributed by atoms with van der Waals surface area (Å²) in [4.78, 5) is 2.94. The van der Waals surface area contributed by atoms with Gasteiger partial charge in [0.15, 0.2) is 0 Å². The van der Waals surface area contributed by atoms with Crippen molar-refractivity contribution in [2.24, 2.45) is 0 Å². The molecule has 0 fully saturated rings. The number of halogens is 3. The SMILES string of the molecule is Cc1cccc2c(C(F)(F)F)c(-c3ccccc3)[nH]c12. The van der Waals surface area contributed by atoms with E-state index in [9.17, 15) is 13.2 Å². The number of rotatable bonds is 1. The van der Waals surface area contributed by atoms with E-state index in [1.807, 2.05) is 0 Å². The zero-order valence-corrected chi connectivity index (χ0v) is 10.8. The molecule has 0 aliphatic heterocycles. The molecule has 0 amide bonds. The van der Waals surface area contributed by atoms with Gasteiger partial charge in [0.1, 0.15) is 0 Å². The molecular formula is C16H12F3N. The molecule has 0 atom stereocenters. The second kappa shape index (κ2) is 4.40. The fourth-order valence-corrected chi connectivity index (χ4v) is 2.48. The quantitative estimate of drug-likeness (QED) is 0.631. The Balaban J connectivity index is 2.40. The number of aromatic amines is 1. The number of nitrogens with one attached hydrogen (secondary N) is 1. The average Bonchev–Trinajstić information content (AvgIpc) is 2.80. The van der Waals surface area contributed by atoms with Gasteiger partial charge in [-0.05, 0) is 18.1 Å². The maximum Gasteiger partial charge on any atom is 0.419 e. The lowest BCUT2D eigenvalue weighted by atomic mass is 10.0. The lowest BCUT2D eigenvalue weighted by Crippen LogP contribution is -2.05. The Hall–Kier alpha value is -2.23. The Morgan fingerprint density at radius 3 is 2.25 bits per heavy atom. The number of benzene rings is 2. The van der Waals surface area contributed by atoms with Crippen LogP contribution in [0.5, 0.6) is 0 Å². The molecule has 4 heteroatoms. The number of fused-ring (bicyclic) bond motifs is 1. The Kier molecular flexibility index (Phi) is 2.82. The molecular weight excluding hydrogens is 263 g/mol. The highest BCUT2D eigenvalue weighted by molar-refractivity contribution is 5.93. The van der Waals surface area contributed by atoms with Crippen molar-refractivity contribution in [3.8, 4) is 11.3 Å². The molecule has 1 nitrogen and oxygen atoms in total. The van der Waals surface area contributed by atoms with E-state index in [0.29, 0.717) is 11.1 Å². The van der Waals surface area contributed by atoms with E-state index in [1.54, 1.807) is 49.4 Å². The predicted octanol–water partition coefficient (Wildman–Crippen LogP) is 5.16. The summed E-state index contributed by atoms with van der Waals surface area (Å²) >= 11 is 0. The first-order chi connectivity index (χ1) is 9.48. The van der Waals surface area contributed by atoms with Crippen molar-refractivity contribution in [3.63, 3.8) is 0 Å². The third-order valence-corrected chi connectivity index (χ3v) is 3.39. The van der Waals surface area contributed by atoms with Gasteiger partial charge in [0.2, 0.25) is 0 Å². The van der Waals surface area contributed by atoms with Crippen molar-refractivity contribution in [2.75, 3.05) is 0 Å². The number of H-pyrrole nitrogens is 1. The van der Waals surface area contributed by atoms with Gasteiger partial charge in [-0.25, -0.2) is 0 Å². The first kappa shape index (κ1) is 12.8. The molecule has 0 saturated heterocycles. The molecule has 3 rings (SSSR count). The maximum absolute atomic E-state index is 13.4. The Morgan fingerprint density at radius 1 is 0.900 bits per heavy atom. The Labute approximate surface area is 114 Å². The molecule has 0 bridgehead atoms. The molecule has 1 heterocycles. The highest BCUT2D eigenvalue weighted by Crippen LogP contribution is 2.42. The van der Waals surface area contributed by atoms with Crippen LogP contribution in [0.25, 0.3) is 22.2 Å². The summed E-state index contributed by atoms with van der Waals surface area (Å²) in [5.41, 5.74) is 1.41. The highest BCUT2D eigenvalue weighted by atomic mass is 19.4. The second-order valence-corrected chi connectivity index (χ2v) is 4.74. The number of para-hydroxylation sites is 1. The normalized spacial score (nSPS) is 12.0. The van der Waals surface area contributed by atoms with Crippen molar-refractivity contribution in [1.29, 1.82) is 0 Å². The molecule has 0 radical (unpaired) electrons. The minimum Gasteiger partial charge on any atom is -0.354 e. The van der Waals surface area contributed by atoms with E-state index in [-0.39, 0.29) is 11.1 Å². The van der Waals surface area contributed by atoms with Crippen molar-refractivity contribution in [1.82, 2.24) is 4.98 Å². The van der Waals surface area contributed by atoms with Gasteiger partial charge in [0, 0.05) is 10.9 Å². The molecule has 3 aromatic rings. The molecule has 0 saturated carbocycles. The van der Waals surface area contributed by atoms with Crippen LogP contribution in [0.1, 0.15) is 11.1 Å². The smallest absolute Gasteiger partial charge is 0.354 e. The van der Waals surface area contributed by atoms with Crippen LogP contribution in [0.15, 0.2) is 48.5 Å². The third kappa shape index (κ3) is 1.97. The Morgan fingerprint density at radius 2 is 1.60 bits per heavy atom. The first-order valence-corrected chi connectivity index (χ1v) is 6.22. The van der Waals surface area contributed by atoms with Crippen molar-refractivity contribution < 1.29 is 13.2 Å². The van der Waals surface area contributed by atoms with Crippen molar-refractivity contribution >= 4 is 10.9 Å². The van der Waals surface area contributed by atoms with Gasteiger partial charge in [0.25, 0.3) is 0 Å². The van der Waals surface area contributed by atoms with Crippen LogP contribution in [0.4, 0.5) is 13.2 Å². The Bertz CT molecular complexity index is 754. The summed E-state index contributed by atoms with van der Waals surface area (Å²) in [6, 6.07) is 13.5. The minimum atomic E-state index is -4.39. The van der Waals surface area contributed by atoms with E-state index < -0.39 is 11.7 Å². The summed E-state index contributed by atoms with van der Waals surface area (Å²) in [5, 5.41) is 0.219. The van der Waals surface area contributed by atoms with Gasteiger partial charge in [-0.3, -0.25) is 0 Å². The average molecular weight is 275 g/mol. The number of aryl methyl sites for hydroxylation is 1. The van der Waals surface area contributed by atoms with Crippen LogP contribution >= 0.6 is 0 Å². The van der Waals surface area contributed by atoms with Crippen LogP contribution in [0.2, 0.25) is 0 Å². The molecule has 1 N–H and O–H groups in total. The monoisotopic (exact) mass is 275 g/mol. The van der Waals surface area contributed by atoms with E-state index in [2.05, 4.69) is 4.98 Å². The van der Waals surface area contributed by atoms with Gasteiger partial charge in [0.05, 0.1) is 11.3 Å². The molecule has 0 aliphatic rings. The summed E-state index contributed by atoms with van der Waals surface area (Å²) < 4.78 is 40.2. The zero-order chi connectivity index (χ0) is 14.3. The lowest BCUT2D eigenvalue weighted by molar-refractivity contribution is -0.135. The summed E-state index contributed by atoms with van der Waals surface area (Å²) in [6.07, 6.45) is -4.39. The van der Waals surface area contributed by atoms with E-state index in [4.69, 9.17) is 0 Å². The minimum absolute atomic E-state index is 0.127. The third-order valence-electron chi connectivity index (χ3n) is 3.39. The fourth-order valence-electron chi connectivity index (χ4n) is 2.48. The molecule has 20 heavy (non-hydrogen) atoms. The molecule has 2 aromatic carbocycles. The predicted molar refractivity (Wildman–Crippen MR) is 73.5 cm³/mol. The van der Waals surface area contributed by atoms with Gasteiger partial charge in [-0.2, -0.15) is 13.2 Å². The highest BCUT2D eigenvalue weighted by Gasteiger charge is 2.37. The second-order valence-electron chi connectivity index (χ2n) is 4.74. The summed E-state index contributed by atoms with van der Waals surface area (Å²) in [6.45, 7) is 1.80. The molecule has 1 aromatic heterocycles. The molecule has 102 valence electrons. The fraction of sp³-hybridized carbons (Fsp3) is 0.125. The number of alkyl halides is 3. The van der Waals surface area contributed by atoms with Crippen LogP contribution in [-0.2, 0) is 6.18 Å². The van der Waals surface area contributed by atoms with Crippen molar-refractivity contribution in [2.45, 2.75) is 13.1 Å². The van der Waals surface area contributed by atoms with E-state index in [1.165, 1.54) is 6.07 Å². The number of hydrogen-bond donors (Lipinski definition) is 1. The standard InChI is InChI=1S/C16H12F3N/c1-10-6-5-9-12-13(16(17,18)19)15(20-14(10)12)11-7-3-2-4-8-11/h2-9,20H,1H3. The number of aromatic nitrogens is 1. The van der Waals surface area contributed by atoms with E-state index >= 15 is 0 Å². The van der Waals surface area contributed by atoms with Gasteiger partial charge < -0.3 is 4.98 Å². The molecule has 0 spiro atoms. The van der Waals surface area contributed by atoms with Crippen LogP contribution in [0, 0.1) is 6.92 Å². The lowest BCUT2D eigenvalue weighted by Gasteiger charge is -2.09. The summed E-state index contributed by atoms with van der Waals surface area (Å²) in [7, 11) is 0. The summed E-state index contributed by atoms with van der Waals surface area (Å²) in [5.74, 6) is 0. The molecule has 0 aliphatic carbocycles. The number of hydrogen-bond acceptors (Lipinski definition) is 0.